The van der Waals surface area contributed by atoms with Crippen molar-refractivity contribution in [3.05, 3.63) is 124 Å². The molecule has 200 valence electrons. The van der Waals surface area contributed by atoms with Crippen LogP contribution in [0, 0.1) is 24.0 Å². The van der Waals surface area contributed by atoms with Crippen LogP contribution in [0.2, 0.25) is 0 Å². The third-order valence-corrected chi connectivity index (χ3v) is 7.55. The molecule has 0 atom stereocenters. The second-order valence-corrected chi connectivity index (χ2v) is 10.3. The van der Waals surface area contributed by atoms with Gasteiger partial charge in [0.1, 0.15) is 5.75 Å². The number of aromatic nitrogens is 1. The van der Waals surface area contributed by atoms with Crippen LogP contribution in [0.1, 0.15) is 27.3 Å². The first kappa shape index (κ1) is 26.7. The van der Waals surface area contributed by atoms with E-state index in [2.05, 4.69) is 15.1 Å². The van der Waals surface area contributed by atoms with Gasteiger partial charge in [0.05, 0.1) is 23.8 Å². The zero-order valence-electron chi connectivity index (χ0n) is 22.1. The number of benzene rings is 4. The van der Waals surface area contributed by atoms with Crippen LogP contribution in [-0.2, 0) is 0 Å². The molecule has 0 aliphatic carbocycles. The van der Waals surface area contributed by atoms with Gasteiger partial charge in [0.2, 0.25) is 0 Å². The largest absolute Gasteiger partial charge is 0.496 e. The van der Waals surface area contributed by atoms with Crippen molar-refractivity contribution in [3.8, 4) is 11.4 Å². The Kier molecular flexibility index (Phi) is 7.65. The number of methoxy groups -OCH3 is 1. The number of nitrogens with one attached hydrogen (secondary N) is 1. The quantitative estimate of drug-likeness (QED) is 0.126. The van der Waals surface area contributed by atoms with E-state index < -0.39 is 4.92 Å². The van der Waals surface area contributed by atoms with Crippen molar-refractivity contribution in [3.63, 3.8) is 0 Å². The summed E-state index contributed by atoms with van der Waals surface area (Å²) < 4.78 is 7.56. The Balaban J connectivity index is 1.29. The molecule has 0 bridgehead atoms. The number of nitro benzene ring substituents is 1. The lowest BCUT2D eigenvalue weighted by molar-refractivity contribution is -0.384. The molecular weight excluding hydrogens is 524 g/mol. The number of hydrogen-bond donors (Lipinski definition) is 1. The van der Waals surface area contributed by atoms with E-state index in [1.165, 1.54) is 23.9 Å². The Bertz CT molecular complexity index is 1740. The van der Waals surface area contributed by atoms with Crippen molar-refractivity contribution < 1.29 is 14.5 Å². The van der Waals surface area contributed by atoms with Crippen molar-refractivity contribution in [1.82, 2.24) is 9.99 Å². The van der Waals surface area contributed by atoms with Gasteiger partial charge < -0.3 is 9.30 Å². The summed E-state index contributed by atoms with van der Waals surface area (Å²) >= 11 is 1.54. The van der Waals surface area contributed by atoms with Crippen LogP contribution in [0.5, 0.6) is 5.75 Å². The number of ether oxygens (including phenoxy) is 1. The predicted molar refractivity (Wildman–Crippen MR) is 158 cm³/mol. The van der Waals surface area contributed by atoms with Crippen molar-refractivity contribution in [1.29, 1.82) is 0 Å². The van der Waals surface area contributed by atoms with Gasteiger partial charge in [-0.1, -0.05) is 36.0 Å². The average molecular weight is 551 g/mol. The number of fused-ring (bicyclic) bond motifs is 1. The molecule has 0 spiro atoms. The highest BCUT2D eigenvalue weighted by Gasteiger charge is 2.14. The van der Waals surface area contributed by atoms with Crippen molar-refractivity contribution in [2.24, 2.45) is 5.10 Å². The maximum absolute atomic E-state index is 12.9. The lowest BCUT2D eigenvalue weighted by atomic mass is 10.1. The van der Waals surface area contributed by atoms with E-state index in [0.717, 1.165) is 43.2 Å². The molecule has 9 heteroatoms. The van der Waals surface area contributed by atoms with Gasteiger partial charge in [-0.2, -0.15) is 5.10 Å². The first-order valence-corrected chi connectivity index (χ1v) is 13.3. The summed E-state index contributed by atoms with van der Waals surface area (Å²) in [5.41, 5.74) is 6.99. The SMILES string of the molecule is COc1cc2ccccc2cc1C(=O)N/N=C\c1cc(C)n(-c2ccc(Sc3ccc([N+](=O)[O-])cc3)cc2)c1C. The normalized spacial score (nSPS) is 11.2. The Morgan fingerprint density at radius 3 is 2.20 bits per heavy atom. The summed E-state index contributed by atoms with van der Waals surface area (Å²) in [6, 6.07) is 28.1. The molecule has 1 N–H and O–H groups in total. The van der Waals surface area contributed by atoms with Crippen molar-refractivity contribution in [2.75, 3.05) is 7.11 Å². The fraction of sp³-hybridized carbons (Fsp3) is 0.0968. The highest BCUT2D eigenvalue weighted by atomic mass is 32.2. The molecule has 5 rings (SSSR count). The third kappa shape index (κ3) is 5.60. The minimum atomic E-state index is -0.403. The highest BCUT2D eigenvalue weighted by molar-refractivity contribution is 7.99. The van der Waals surface area contributed by atoms with Gasteiger partial charge in [0.25, 0.3) is 11.6 Å². The van der Waals surface area contributed by atoms with E-state index in [1.807, 2.05) is 74.5 Å². The lowest BCUT2D eigenvalue weighted by Gasteiger charge is -2.11. The van der Waals surface area contributed by atoms with Gasteiger partial charge in [-0.25, -0.2) is 5.43 Å². The minimum Gasteiger partial charge on any atom is -0.496 e. The second-order valence-electron chi connectivity index (χ2n) is 9.11. The molecule has 4 aromatic carbocycles. The topological polar surface area (TPSA) is 98.8 Å². The van der Waals surface area contributed by atoms with Crippen LogP contribution in [0.25, 0.3) is 16.5 Å². The number of carbonyl (C=O) groups excluding carboxylic acids is 1. The molecule has 0 unspecified atom stereocenters. The van der Waals surface area contributed by atoms with Gasteiger partial charge in [0.15, 0.2) is 0 Å². The van der Waals surface area contributed by atoms with Gasteiger partial charge in [-0.3, -0.25) is 14.9 Å². The predicted octanol–water partition coefficient (Wildman–Crippen LogP) is 7.08. The first-order valence-electron chi connectivity index (χ1n) is 12.5. The van der Waals surface area contributed by atoms with E-state index in [4.69, 9.17) is 4.74 Å². The van der Waals surface area contributed by atoms with Crippen LogP contribution in [0.15, 0.2) is 106 Å². The first-order chi connectivity index (χ1) is 19.3. The summed E-state index contributed by atoms with van der Waals surface area (Å²) in [7, 11) is 1.54. The van der Waals surface area contributed by atoms with E-state index in [9.17, 15) is 14.9 Å². The molecule has 1 heterocycles. The zero-order chi connectivity index (χ0) is 28.2. The summed E-state index contributed by atoms with van der Waals surface area (Å²) in [5, 5.41) is 17.0. The van der Waals surface area contributed by atoms with Gasteiger partial charge >= 0.3 is 0 Å². The molecule has 8 nitrogen and oxygen atoms in total. The number of nitrogens with zero attached hydrogens (tertiary/aromatic N) is 3. The molecule has 5 aromatic rings. The number of non-ortho nitro benzene ring substituents is 1. The molecule has 0 saturated heterocycles. The smallest absolute Gasteiger partial charge is 0.275 e. The van der Waals surface area contributed by atoms with Gasteiger partial charge in [0, 0.05) is 44.6 Å². The fourth-order valence-electron chi connectivity index (χ4n) is 4.54. The van der Waals surface area contributed by atoms with Gasteiger partial charge in [-0.15, -0.1) is 0 Å². The number of nitro groups is 1. The molecule has 0 aliphatic heterocycles. The molecule has 1 aromatic heterocycles. The number of aryl methyl sites for hydroxylation is 1. The van der Waals surface area contributed by atoms with Crippen LogP contribution in [0.4, 0.5) is 5.69 Å². The van der Waals surface area contributed by atoms with Crippen LogP contribution in [0.3, 0.4) is 0 Å². The van der Waals surface area contributed by atoms with E-state index in [0.29, 0.717) is 11.3 Å². The van der Waals surface area contributed by atoms with Crippen LogP contribution in [-0.4, -0.2) is 28.7 Å². The Morgan fingerprint density at radius 2 is 1.57 bits per heavy atom. The number of carbonyl (C=O) groups is 1. The van der Waals surface area contributed by atoms with Crippen molar-refractivity contribution >= 4 is 40.3 Å². The Morgan fingerprint density at radius 1 is 0.950 bits per heavy atom. The zero-order valence-corrected chi connectivity index (χ0v) is 22.9. The highest BCUT2D eigenvalue weighted by Crippen LogP contribution is 2.30. The molecule has 0 saturated carbocycles. The monoisotopic (exact) mass is 550 g/mol. The van der Waals surface area contributed by atoms with Crippen LogP contribution >= 0.6 is 11.8 Å². The molecular formula is C31H26N4O4S. The standard InChI is InChI=1S/C31H26N4O4S/c1-20-16-24(19-32-33-31(36)29-17-22-6-4-5-7-23(22)18-30(29)39-3)21(2)34(20)25-8-12-27(13-9-25)40-28-14-10-26(11-15-28)35(37)38/h4-19H,1-3H3,(H,33,36)/b32-19-. The maximum Gasteiger partial charge on any atom is 0.275 e. The van der Waals surface area contributed by atoms with Crippen molar-refractivity contribution in [2.45, 2.75) is 23.6 Å². The molecule has 0 radical (unpaired) electrons. The average Bonchev–Trinajstić information content (AvgIpc) is 3.25. The third-order valence-electron chi connectivity index (χ3n) is 6.53. The fourth-order valence-corrected chi connectivity index (χ4v) is 5.35. The van der Waals surface area contributed by atoms with Crippen LogP contribution < -0.4 is 10.2 Å². The Labute approximate surface area is 235 Å². The summed E-state index contributed by atoms with van der Waals surface area (Å²) in [6.07, 6.45) is 1.64. The number of hydrazone groups is 1. The molecule has 0 aliphatic rings. The maximum atomic E-state index is 12.9. The molecule has 40 heavy (non-hydrogen) atoms. The van der Waals surface area contributed by atoms with E-state index in [-0.39, 0.29) is 11.6 Å². The minimum absolute atomic E-state index is 0.0746. The molecule has 0 fully saturated rings. The lowest BCUT2D eigenvalue weighted by Crippen LogP contribution is -2.18. The summed E-state index contributed by atoms with van der Waals surface area (Å²) in [6.45, 7) is 4.02. The van der Waals surface area contributed by atoms with E-state index >= 15 is 0 Å². The molecule has 1 amide bonds. The summed E-state index contributed by atoms with van der Waals surface area (Å²) in [5.74, 6) is 0.133. The van der Waals surface area contributed by atoms with E-state index in [1.54, 1.807) is 31.5 Å². The number of amides is 1. The summed E-state index contributed by atoms with van der Waals surface area (Å²) in [4.78, 5) is 25.3. The number of hydrogen-bond acceptors (Lipinski definition) is 6. The second kappa shape index (κ2) is 11.5. The van der Waals surface area contributed by atoms with Gasteiger partial charge in [-0.05, 0) is 79.2 Å². The number of rotatable bonds is 8. The Hall–Kier alpha value is -4.89.